The number of ether oxygens (including phenoxy) is 2. The molecule has 5 rings (SSSR count). The van der Waals surface area contributed by atoms with Crippen LogP contribution < -0.4 is 4.74 Å². The van der Waals surface area contributed by atoms with Crippen molar-refractivity contribution in [2.45, 2.75) is 25.9 Å². The lowest BCUT2D eigenvalue weighted by molar-refractivity contribution is -0.143. The third-order valence-electron chi connectivity index (χ3n) is 6.66. The zero-order chi connectivity index (χ0) is 24.7. The molecule has 2 saturated heterocycles. The third kappa shape index (κ3) is 6.09. The van der Waals surface area contributed by atoms with Gasteiger partial charge in [-0.15, -0.1) is 5.10 Å². The lowest BCUT2D eigenvalue weighted by atomic mass is 9.98. The monoisotopic (exact) mass is 489 g/mol. The fourth-order valence-electron chi connectivity index (χ4n) is 4.73. The number of aromatic nitrogens is 3. The van der Waals surface area contributed by atoms with Crippen LogP contribution in [0.3, 0.4) is 0 Å². The minimum Gasteiger partial charge on any atom is -0.484 e. The zero-order valence-electron chi connectivity index (χ0n) is 20.3. The Morgan fingerprint density at radius 3 is 2.67 bits per heavy atom. The summed E-state index contributed by atoms with van der Waals surface area (Å²) in [5, 5.41) is 8.48. The van der Waals surface area contributed by atoms with Crippen LogP contribution in [0, 0.1) is 5.92 Å². The normalized spacial score (nSPS) is 18.3. The zero-order valence-corrected chi connectivity index (χ0v) is 20.3. The number of carbonyl (C=O) groups is 2. The average molecular weight is 490 g/mol. The molecule has 0 N–H and O–H groups in total. The molecule has 0 spiro atoms. The summed E-state index contributed by atoms with van der Waals surface area (Å²) in [6.45, 7) is 3.83. The highest BCUT2D eigenvalue weighted by atomic mass is 16.5. The lowest BCUT2D eigenvalue weighted by Gasteiger charge is -2.32. The van der Waals surface area contributed by atoms with Crippen molar-refractivity contribution in [1.82, 2.24) is 24.8 Å². The first-order valence-electron chi connectivity index (χ1n) is 12.4. The van der Waals surface area contributed by atoms with Gasteiger partial charge in [-0.1, -0.05) is 47.7 Å². The fourth-order valence-corrected chi connectivity index (χ4v) is 4.73. The van der Waals surface area contributed by atoms with Crippen LogP contribution in [0.15, 0.2) is 60.8 Å². The number of likely N-dealkylation sites (tertiary alicyclic amines) is 1. The largest absolute Gasteiger partial charge is 0.484 e. The molecule has 9 nitrogen and oxygen atoms in total. The van der Waals surface area contributed by atoms with Crippen molar-refractivity contribution in [2.75, 3.05) is 39.5 Å². The predicted molar refractivity (Wildman–Crippen MR) is 133 cm³/mol. The molecule has 3 aromatic rings. The van der Waals surface area contributed by atoms with Gasteiger partial charge in [-0.3, -0.25) is 14.3 Å². The van der Waals surface area contributed by atoms with Crippen molar-refractivity contribution in [2.24, 2.45) is 5.92 Å². The molecule has 9 heteroatoms. The van der Waals surface area contributed by atoms with Gasteiger partial charge in [0.05, 0.1) is 19.3 Å². The van der Waals surface area contributed by atoms with E-state index in [4.69, 9.17) is 9.47 Å². The molecule has 188 valence electrons. The van der Waals surface area contributed by atoms with Gasteiger partial charge in [0.15, 0.2) is 6.61 Å². The number of amides is 2. The van der Waals surface area contributed by atoms with Crippen LogP contribution in [-0.4, -0.2) is 76.1 Å². The van der Waals surface area contributed by atoms with Crippen LogP contribution in [0.2, 0.25) is 0 Å². The number of hydrogen-bond donors (Lipinski definition) is 0. The van der Waals surface area contributed by atoms with Crippen LogP contribution >= 0.6 is 0 Å². The highest BCUT2D eigenvalue weighted by molar-refractivity contribution is 5.78. The van der Waals surface area contributed by atoms with E-state index < -0.39 is 0 Å². The molecule has 0 aliphatic carbocycles. The minimum atomic E-state index is -0.0217. The van der Waals surface area contributed by atoms with Gasteiger partial charge in [0.25, 0.3) is 5.91 Å². The minimum absolute atomic E-state index is 0.00283. The third-order valence-corrected chi connectivity index (χ3v) is 6.66. The molecule has 2 fully saturated rings. The van der Waals surface area contributed by atoms with Crippen LogP contribution in [0.1, 0.15) is 18.5 Å². The molecule has 1 unspecified atom stereocenters. The van der Waals surface area contributed by atoms with Gasteiger partial charge in [-0.05, 0) is 42.0 Å². The Kier molecular flexibility index (Phi) is 7.56. The number of benzene rings is 2. The number of piperidine rings is 1. The first-order valence-corrected chi connectivity index (χ1v) is 12.4. The lowest BCUT2D eigenvalue weighted by Crippen LogP contribution is -2.43. The number of nitrogens with zero attached hydrogens (tertiary/aromatic N) is 5. The fraction of sp³-hybridized carbons (Fsp3) is 0.407. The second-order valence-corrected chi connectivity index (χ2v) is 9.33. The summed E-state index contributed by atoms with van der Waals surface area (Å²) in [7, 11) is 0. The smallest absolute Gasteiger partial charge is 0.260 e. The Labute approximate surface area is 210 Å². The van der Waals surface area contributed by atoms with E-state index in [1.165, 1.54) is 0 Å². The standard InChI is InChI=1S/C27H31N5O4/c33-26-19-35-14-13-31(26)17-24-18-32(29-28-24)16-21-5-4-12-30(15-21)27(34)20-36-25-10-8-23(9-11-25)22-6-2-1-3-7-22/h1-3,6-11,18,21H,4-5,12-17,19-20H2. The molecule has 1 atom stereocenters. The molecule has 1 aromatic heterocycles. The van der Waals surface area contributed by atoms with Crippen LogP contribution in [-0.2, 0) is 27.4 Å². The second kappa shape index (κ2) is 11.3. The number of hydrogen-bond acceptors (Lipinski definition) is 6. The first-order chi connectivity index (χ1) is 17.6. The van der Waals surface area contributed by atoms with Gasteiger partial charge in [-0.25, -0.2) is 0 Å². The van der Waals surface area contributed by atoms with E-state index in [1.807, 2.05) is 58.2 Å². The van der Waals surface area contributed by atoms with E-state index >= 15 is 0 Å². The van der Waals surface area contributed by atoms with E-state index in [0.29, 0.717) is 44.5 Å². The molecule has 2 aromatic carbocycles. The van der Waals surface area contributed by atoms with Gasteiger partial charge in [0.2, 0.25) is 5.91 Å². The molecule has 36 heavy (non-hydrogen) atoms. The summed E-state index contributed by atoms with van der Waals surface area (Å²) < 4.78 is 12.8. The van der Waals surface area contributed by atoms with Gasteiger partial charge < -0.3 is 19.3 Å². The maximum absolute atomic E-state index is 12.8. The second-order valence-electron chi connectivity index (χ2n) is 9.33. The van der Waals surface area contributed by atoms with Crippen molar-refractivity contribution in [1.29, 1.82) is 0 Å². The summed E-state index contributed by atoms with van der Waals surface area (Å²) in [6.07, 6.45) is 3.88. The number of morpholine rings is 1. The van der Waals surface area contributed by atoms with Crippen LogP contribution in [0.4, 0.5) is 0 Å². The average Bonchev–Trinajstić information content (AvgIpc) is 3.36. The summed E-state index contributed by atoms with van der Waals surface area (Å²) in [6, 6.07) is 18.0. The summed E-state index contributed by atoms with van der Waals surface area (Å²) >= 11 is 0. The van der Waals surface area contributed by atoms with Crippen molar-refractivity contribution in [3.63, 3.8) is 0 Å². The van der Waals surface area contributed by atoms with Crippen LogP contribution in [0.5, 0.6) is 5.75 Å². The maximum Gasteiger partial charge on any atom is 0.260 e. The topological polar surface area (TPSA) is 89.8 Å². The van der Waals surface area contributed by atoms with Gasteiger partial charge in [0.1, 0.15) is 18.1 Å². The quantitative estimate of drug-likeness (QED) is 0.483. The number of carbonyl (C=O) groups excluding carboxylic acids is 2. The van der Waals surface area contributed by atoms with E-state index in [1.54, 1.807) is 4.90 Å². The molecule has 0 radical (unpaired) electrons. The molecule has 3 heterocycles. The van der Waals surface area contributed by atoms with Gasteiger partial charge >= 0.3 is 0 Å². The van der Waals surface area contributed by atoms with Crippen molar-refractivity contribution in [3.05, 3.63) is 66.5 Å². The van der Waals surface area contributed by atoms with Gasteiger partial charge in [0, 0.05) is 26.2 Å². The van der Waals surface area contributed by atoms with E-state index in [-0.39, 0.29) is 25.0 Å². The summed E-state index contributed by atoms with van der Waals surface area (Å²) in [4.78, 5) is 28.4. The van der Waals surface area contributed by atoms with Crippen molar-refractivity contribution >= 4 is 11.8 Å². The van der Waals surface area contributed by atoms with Gasteiger partial charge in [-0.2, -0.15) is 0 Å². The molecular weight excluding hydrogens is 458 g/mol. The van der Waals surface area contributed by atoms with Crippen molar-refractivity contribution in [3.8, 4) is 16.9 Å². The SMILES string of the molecule is O=C1COCCN1Cc1cn(CC2CCCN(C(=O)COc3ccc(-c4ccccc4)cc3)C2)nn1. The summed E-state index contributed by atoms with van der Waals surface area (Å²) in [5.41, 5.74) is 3.02. The van der Waals surface area contributed by atoms with Crippen LogP contribution in [0.25, 0.3) is 11.1 Å². The first kappa shape index (κ1) is 24.0. The Morgan fingerprint density at radius 2 is 1.86 bits per heavy atom. The molecule has 0 saturated carbocycles. The Bertz CT molecular complexity index is 1160. The van der Waals surface area contributed by atoms with E-state index in [9.17, 15) is 9.59 Å². The molecule has 2 aliphatic rings. The van der Waals surface area contributed by atoms with E-state index in [2.05, 4.69) is 22.4 Å². The molecule has 2 aliphatic heterocycles. The molecular formula is C27H31N5O4. The predicted octanol–water partition coefficient (Wildman–Crippen LogP) is 2.62. The highest BCUT2D eigenvalue weighted by Crippen LogP contribution is 2.23. The van der Waals surface area contributed by atoms with Crippen molar-refractivity contribution < 1.29 is 19.1 Å². The highest BCUT2D eigenvalue weighted by Gasteiger charge is 2.25. The Morgan fingerprint density at radius 1 is 1.06 bits per heavy atom. The van der Waals surface area contributed by atoms with E-state index in [0.717, 1.165) is 36.2 Å². The Hall–Kier alpha value is -3.72. The Balaban J connectivity index is 1.09. The maximum atomic E-state index is 12.8. The summed E-state index contributed by atoms with van der Waals surface area (Å²) in [5.74, 6) is 0.960. The molecule has 0 bridgehead atoms. The number of rotatable bonds is 8. The molecule has 2 amide bonds.